The van der Waals surface area contributed by atoms with E-state index < -0.39 is 17.5 Å². The van der Waals surface area contributed by atoms with Gasteiger partial charge in [0.05, 0.1) is 35.6 Å². The number of pyridine rings is 2. The Bertz CT molecular complexity index is 1410. The number of cyclic esters (lactones) is 1. The second-order valence-electron chi connectivity index (χ2n) is 9.09. The van der Waals surface area contributed by atoms with Crippen LogP contribution in [-0.2, 0) is 44.4 Å². The van der Waals surface area contributed by atoms with Crippen molar-refractivity contribution >= 4 is 22.8 Å². The van der Waals surface area contributed by atoms with Gasteiger partial charge < -0.3 is 19.1 Å². The Morgan fingerprint density at radius 3 is 2.74 bits per heavy atom. The van der Waals surface area contributed by atoms with E-state index in [1.165, 1.54) is 0 Å². The summed E-state index contributed by atoms with van der Waals surface area (Å²) in [6, 6.07) is 9.26. The number of hydrogen-bond acceptors (Lipinski definition) is 7. The number of ether oxygens (including phenoxy) is 2. The van der Waals surface area contributed by atoms with Crippen LogP contribution in [0.25, 0.3) is 22.3 Å². The molecule has 0 bridgehead atoms. The molecule has 8 nitrogen and oxygen atoms in total. The number of rotatable bonds is 7. The van der Waals surface area contributed by atoms with Crippen LogP contribution in [0, 0.1) is 0 Å². The van der Waals surface area contributed by atoms with Crippen LogP contribution in [0.15, 0.2) is 35.1 Å². The number of fused-ring (bicyclic) bond motifs is 5. The molecule has 0 amide bonds. The van der Waals surface area contributed by atoms with E-state index in [0.29, 0.717) is 34.5 Å². The fourth-order valence-corrected chi connectivity index (χ4v) is 5.22. The molecule has 3 aromatic rings. The molecule has 0 unspecified atom stereocenters. The summed E-state index contributed by atoms with van der Waals surface area (Å²) in [5.74, 6) is -1.15. The van der Waals surface area contributed by atoms with Crippen LogP contribution >= 0.6 is 0 Å². The van der Waals surface area contributed by atoms with Gasteiger partial charge >= 0.3 is 11.9 Å². The number of esters is 2. The molecule has 0 saturated carbocycles. The first-order valence-corrected chi connectivity index (χ1v) is 12.1. The standard InChI is InChI=1S/C27H28N2O6/c1-3-5-6-11-23(31)35-27(4-2)20-12-22-24-17(13-29(22)25(32)19(20)15-34-26(27)33)18(14-30)16-9-7-8-10-21(16)28-24/h7-10,12,30H,3-6,11,13-15H2,1-2H3/t27-/m0/s1. The molecule has 0 saturated heterocycles. The van der Waals surface area contributed by atoms with Gasteiger partial charge in [0, 0.05) is 22.9 Å². The van der Waals surface area contributed by atoms with Crippen molar-refractivity contribution in [2.24, 2.45) is 0 Å². The Labute approximate surface area is 202 Å². The molecule has 2 aliphatic rings. The molecule has 35 heavy (non-hydrogen) atoms. The maximum Gasteiger partial charge on any atom is 0.355 e. The van der Waals surface area contributed by atoms with Crippen molar-refractivity contribution in [3.8, 4) is 11.4 Å². The van der Waals surface area contributed by atoms with Crippen LogP contribution in [0.3, 0.4) is 0 Å². The predicted molar refractivity (Wildman–Crippen MR) is 128 cm³/mol. The summed E-state index contributed by atoms with van der Waals surface area (Å²) in [4.78, 5) is 44.2. The minimum atomic E-state index is -1.68. The molecule has 182 valence electrons. The summed E-state index contributed by atoms with van der Waals surface area (Å²) in [6.45, 7) is 3.67. The Morgan fingerprint density at radius 2 is 2.00 bits per heavy atom. The van der Waals surface area contributed by atoms with Gasteiger partial charge in [-0.2, -0.15) is 0 Å². The van der Waals surface area contributed by atoms with Gasteiger partial charge in [0.25, 0.3) is 5.56 Å². The minimum absolute atomic E-state index is 0.140. The van der Waals surface area contributed by atoms with Gasteiger partial charge in [0.2, 0.25) is 5.60 Å². The molecule has 0 radical (unpaired) electrons. The summed E-state index contributed by atoms with van der Waals surface area (Å²) < 4.78 is 12.8. The SMILES string of the molecule is CCCCCC(=O)O[C@]1(CC)C(=O)OCc2c1cc1n(c2=O)Cc2c-1nc1ccccc1c2CO. The van der Waals surface area contributed by atoms with Crippen LogP contribution < -0.4 is 5.56 Å². The lowest BCUT2D eigenvalue weighted by Crippen LogP contribution is -2.47. The lowest BCUT2D eigenvalue weighted by molar-refractivity contribution is -0.189. The lowest BCUT2D eigenvalue weighted by Gasteiger charge is -2.35. The van der Waals surface area contributed by atoms with Gasteiger partial charge in [-0.3, -0.25) is 9.59 Å². The first-order chi connectivity index (χ1) is 16.9. The van der Waals surface area contributed by atoms with Crippen molar-refractivity contribution in [2.45, 2.75) is 71.3 Å². The van der Waals surface area contributed by atoms with Crippen molar-refractivity contribution in [1.29, 1.82) is 0 Å². The number of aliphatic hydroxyl groups is 1. The molecule has 8 heteroatoms. The topological polar surface area (TPSA) is 108 Å². The minimum Gasteiger partial charge on any atom is -0.457 e. The van der Waals surface area contributed by atoms with Crippen LogP contribution in [0.4, 0.5) is 0 Å². The average molecular weight is 477 g/mol. The molecular formula is C27H28N2O6. The van der Waals surface area contributed by atoms with Gasteiger partial charge in [-0.05, 0) is 30.5 Å². The highest BCUT2D eigenvalue weighted by Crippen LogP contribution is 2.42. The van der Waals surface area contributed by atoms with E-state index in [-0.39, 0.29) is 38.2 Å². The van der Waals surface area contributed by atoms with E-state index in [1.807, 2.05) is 31.2 Å². The summed E-state index contributed by atoms with van der Waals surface area (Å²) in [6.07, 6.45) is 2.84. The number of benzene rings is 1. The first-order valence-electron chi connectivity index (χ1n) is 12.1. The number of aliphatic hydroxyl groups excluding tert-OH is 1. The third-order valence-corrected chi connectivity index (χ3v) is 7.11. The smallest absolute Gasteiger partial charge is 0.355 e. The van der Waals surface area contributed by atoms with Crippen molar-refractivity contribution in [3.63, 3.8) is 0 Å². The summed E-state index contributed by atoms with van der Waals surface area (Å²) in [5, 5.41) is 11.0. The molecule has 2 aliphatic heterocycles. The first kappa shape index (κ1) is 23.2. The number of para-hydroxylation sites is 1. The van der Waals surface area contributed by atoms with Gasteiger partial charge in [0.15, 0.2) is 0 Å². The van der Waals surface area contributed by atoms with Crippen LogP contribution in [0.5, 0.6) is 0 Å². The lowest BCUT2D eigenvalue weighted by atomic mass is 9.85. The van der Waals surface area contributed by atoms with E-state index in [0.717, 1.165) is 29.4 Å². The summed E-state index contributed by atoms with van der Waals surface area (Å²) >= 11 is 0. The van der Waals surface area contributed by atoms with E-state index in [2.05, 4.69) is 0 Å². The number of hydrogen-bond donors (Lipinski definition) is 1. The molecule has 4 heterocycles. The molecule has 2 aromatic heterocycles. The molecule has 1 atom stereocenters. The zero-order chi connectivity index (χ0) is 24.7. The van der Waals surface area contributed by atoms with E-state index in [9.17, 15) is 19.5 Å². The normalized spacial score (nSPS) is 18.1. The van der Waals surface area contributed by atoms with Gasteiger partial charge in [-0.25, -0.2) is 9.78 Å². The molecule has 0 aliphatic carbocycles. The van der Waals surface area contributed by atoms with Gasteiger partial charge in [0.1, 0.15) is 6.61 Å². The number of aromatic nitrogens is 2. The highest BCUT2D eigenvalue weighted by molar-refractivity contribution is 5.90. The molecule has 0 spiro atoms. The summed E-state index contributed by atoms with van der Waals surface area (Å²) in [7, 11) is 0. The number of unbranched alkanes of at least 4 members (excludes halogenated alkanes) is 2. The Balaban J connectivity index is 1.68. The third kappa shape index (κ3) is 3.55. The summed E-state index contributed by atoms with van der Waals surface area (Å²) in [5.41, 5.74) is 2.02. The Kier molecular flexibility index (Phi) is 5.92. The van der Waals surface area contributed by atoms with Crippen LogP contribution in [0.2, 0.25) is 0 Å². The number of carbonyl (C=O) groups excluding carboxylic acids is 2. The van der Waals surface area contributed by atoms with E-state index >= 15 is 0 Å². The average Bonchev–Trinajstić information content (AvgIpc) is 3.23. The molecule has 0 fully saturated rings. The second kappa shape index (κ2) is 8.92. The molecule has 1 aromatic carbocycles. The van der Waals surface area contributed by atoms with Crippen molar-refractivity contribution in [1.82, 2.24) is 9.55 Å². The highest BCUT2D eigenvalue weighted by atomic mass is 16.6. The fraction of sp³-hybridized carbons (Fsp3) is 0.407. The molecule has 1 N–H and O–H groups in total. The quantitative estimate of drug-likeness (QED) is 0.320. The fourth-order valence-electron chi connectivity index (χ4n) is 5.22. The van der Waals surface area contributed by atoms with Gasteiger partial charge in [-0.15, -0.1) is 0 Å². The van der Waals surface area contributed by atoms with Crippen molar-refractivity contribution in [3.05, 3.63) is 62.9 Å². The zero-order valence-corrected chi connectivity index (χ0v) is 19.9. The zero-order valence-electron chi connectivity index (χ0n) is 19.9. The predicted octanol–water partition coefficient (Wildman–Crippen LogP) is 3.70. The largest absolute Gasteiger partial charge is 0.457 e. The number of carbonyl (C=O) groups is 2. The van der Waals surface area contributed by atoms with E-state index in [1.54, 1.807) is 17.6 Å². The number of nitrogens with zero attached hydrogens (tertiary/aromatic N) is 2. The Hall–Kier alpha value is -3.52. The van der Waals surface area contributed by atoms with Crippen molar-refractivity contribution < 1.29 is 24.2 Å². The maximum absolute atomic E-state index is 13.6. The maximum atomic E-state index is 13.6. The van der Waals surface area contributed by atoms with Crippen LogP contribution in [-0.4, -0.2) is 26.6 Å². The highest BCUT2D eigenvalue weighted by Gasteiger charge is 2.50. The second-order valence-corrected chi connectivity index (χ2v) is 9.09. The molecule has 5 rings (SSSR count). The van der Waals surface area contributed by atoms with E-state index in [4.69, 9.17) is 14.5 Å². The van der Waals surface area contributed by atoms with Crippen molar-refractivity contribution in [2.75, 3.05) is 0 Å². The van der Waals surface area contributed by atoms with Crippen LogP contribution in [0.1, 0.15) is 68.2 Å². The third-order valence-electron chi connectivity index (χ3n) is 7.11. The monoisotopic (exact) mass is 476 g/mol. The van der Waals surface area contributed by atoms with Gasteiger partial charge in [-0.1, -0.05) is 44.9 Å². The Morgan fingerprint density at radius 1 is 1.20 bits per heavy atom. The molecular weight excluding hydrogens is 448 g/mol.